The van der Waals surface area contributed by atoms with Crippen molar-refractivity contribution in [1.29, 1.82) is 0 Å². The highest BCUT2D eigenvalue weighted by atomic mass is 32.2. The number of pyridine rings is 1. The van der Waals surface area contributed by atoms with Crippen LogP contribution in [0.4, 0.5) is 4.39 Å². The molecule has 1 N–H and O–H groups in total. The molecule has 26 heavy (non-hydrogen) atoms. The second kappa shape index (κ2) is 6.81. The molecule has 4 aromatic rings. The molecule has 0 radical (unpaired) electrons. The van der Waals surface area contributed by atoms with Crippen molar-refractivity contribution in [1.82, 2.24) is 4.98 Å². The number of aryl methyl sites for hydroxylation is 1. The largest absolute Gasteiger partial charge is 0.353 e. The molecule has 1 heterocycles. The summed E-state index contributed by atoms with van der Waals surface area (Å²) >= 11 is 1.36. The Kier molecular flexibility index (Phi) is 4.35. The molecule has 0 spiro atoms. The van der Waals surface area contributed by atoms with Crippen LogP contribution < -0.4 is 5.43 Å². The van der Waals surface area contributed by atoms with Crippen LogP contribution in [0.5, 0.6) is 0 Å². The van der Waals surface area contributed by atoms with Crippen LogP contribution in [0.3, 0.4) is 0 Å². The summed E-state index contributed by atoms with van der Waals surface area (Å²) in [5.41, 5.74) is 3.65. The van der Waals surface area contributed by atoms with E-state index in [1.807, 2.05) is 55.5 Å². The Morgan fingerprint density at radius 2 is 1.58 bits per heavy atom. The third kappa shape index (κ3) is 3.04. The van der Waals surface area contributed by atoms with Crippen molar-refractivity contribution in [2.75, 3.05) is 0 Å². The highest BCUT2D eigenvalue weighted by Crippen LogP contribution is 2.35. The lowest BCUT2D eigenvalue weighted by molar-refractivity contribution is 0.626. The molecule has 0 aliphatic heterocycles. The molecule has 128 valence electrons. The van der Waals surface area contributed by atoms with Crippen molar-refractivity contribution in [3.8, 4) is 11.3 Å². The molecule has 1 aromatic heterocycles. The molecule has 0 atom stereocenters. The van der Waals surface area contributed by atoms with E-state index in [4.69, 9.17) is 0 Å². The first kappa shape index (κ1) is 16.6. The number of hydrogen-bond donors (Lipinski definition) is 1. The highest BCUT2D eigenvalue weighted by Gasteiger charge is 2.16. The summed E-state index contributed by atoms with van der Waals surface area (Å²) in [4.78, 5) is 18.1. The summed E-state index contributed by atoms with van der Waals surface area (Å²) in [6.45, 7) is 2.02. The fraction of sp³-hybridized carbons (Fsp3) is 0.0455. The van der Waals surface area contributed by atoms with Gasteiger partial charge in [0.15, 0.2) is 0 Å². The zero-order valence-corrected chi connectivity index (χ0v) is 14.9. The molecule has 0 fully saturated rings. The monoisotopic (exact) mass is 361 g/mol. The minimum Gasteiger partial charge on any atom is -0.353 e. The lowest BCUT2D eigenvalue weighted by Gasteiger charge is -2.13. The summed E-state index contributed by atoms with van der Waals surface area (Å²) < 4.78 is 13.2. The van der Waals surface area contributed by atoms with Crippen molar-refractivity contribution in [2.24, 2.45) is 0 Å². The van der Waals surface area contributed by atoms with Gasteiger partial charge in [-0.25, -0.2) is 4.39 Å². The summed E-state index contributed by atoms with van der Waals surface area (Å²) in [5.74, 6) is -0.291. The van der Waals surface area contributed by atoms with Crippen molar-refractivity contribution in [3.63, 3.8) is 0 Å². The summed E-state index contributed by atoms with van der Waals surface area (Å²) in [7, 11) is 0. The van der Waals surface area contributed by atoms with E-state index in [-0.39, 0.29) is 11.2 Å². The smallest absolute Gasteiger partial charge is 0.203 e. The predicted octanol–water partition coefficient (Wildman–Crippen LogP) is 5.79. The Morgan fingerprint density at radius 1 is 0.885 bits per heavy atom. The maximum atomic E-state index is 13.2. The molecule has 0 aliphatic rings. The van der Waals surface area contributed by atoms with E-state index in [0.29, 0.717) is 10.3 Å². The topological polar surface area (TPSA) is 32.9 Å². The van der Waals surface area contributed by atoms with Gasteiger partial charge in [-0.3, -0.25) is 4.79 Å². The summed E-state index contributed by atoms with van der Waals surface area (Å²) in [5, 5.41) is 0.648. The number of nitrogens with one attached hydrogen (secondary N) is 1. The van der Waals surface area contributed by atoms with Gasteiger partial charge in [-0.1, -0.05) is 48.2 Å². The Balaban J connectivity index is 1.98. The molecule has 4 rings (SSSR count). The van der Waals surface area contributed by atoms with Gasteiger partial charge in [0.2, 0.25) is 5.43 Å². The van der Waals surface area contributed by atoms with Crippen molar-refractivity contribution in [2.45, 2.75) is 16.7 Å². The fourth-order valence-electron chi connectivity index (χ4n) is 2.98. The van der Waals surface area contributed by atoms with Crippen molar-refractivity contribution in [3.05, 3.63) is 94.4 Å². The zero-order chi connectivity index (χ0) is 18.1. The van der Waals surface area contributed by atoms with Crippen molar-refractivity contribution >= 4 is 22.7 Å². The van der Waals surface area contributed by atoms with E-state index in [9.17, 15) is 9.18 Å². The van der Waals surface area contributed by atoms with Gasteiger partial charge >= 0.3 is 0 Å². The van der Waals surface area contributed by atoms with Crippen LogP contribution in [0.1, 0.15) is 5.56 Å². The number of aromatic amines is 1. The second-order valence-corrected chi connectivity index (χ2v) is 7.16. The van der Waals surface area contributed by atoms with E-state index in [0.717, 1.165) is 27.2 Å². The molecule has 0 aliphatic carbocycles. The van der Waals surface area contributed by atoms with Crippen LogP contribution in [0, 0.1) is 12.7 Å². The van der Waals surface area contributed by atoms with Crippen LogP contribution in [-0.2, 0) is 0 Å². The molecule has 0 bridgehead atoms. The highest BCUT2D eigenvalue weighted by molar-refractivity contribution is 7.99. The SMILES string of the molecule is Cc1ccccc1-c1[nH]c2ccccc2c(=O)c1Sc1ccc(F)cc1. The average Bonchev–Trinajstić information content (AvgIpc) is 2.66. The van der Waals surface area contributed by atoms with Crippen LogP contribution in [-0.4, -0.2) is 4.98 Å². The standard InChI is InChI=1S/C22H16FNOS/c1-14-6-2-3-7-17(14)20-22(26-16-12-10-15(23)11-13-16)21(25)18-8-4-5-9-19(18)24-20/h2-13H,1H3,(H,24,25). The van der Waals surface area contributed by atoms with Crippen molar-refractivity contribution < 1.29 is 4.39 Å². The molecule has 0 saturated carbocycles. The Hall–Kier alpha value is -2.85. The second-order valence-electron chi connectivity index (χ2n) is 6.07. The van der Waals surface area contributed by atoms with Gasteiger partial charge in [0, 0.05) is 21.4 Å². The third-order valence-corrected chi connectivity index (χ3v) is 5.41. The number of H-pyrrole nitrogens is 1. The normalized spacial score (nSPS) is 11.0. The maximum Gasteiger partial charge on any atom is 0.203 e. The lowest BCUT2D eigenvalue weighted by atomic mass is 10.0. The van der Waals surface area contributed by atoms with E-state index in [1.54, 1.807) is 12.1 Å². The number of benzene rings is 3. The maximum absolute atomic E-state index is 13.2. The number of halogens is 1. The first-order valence-corrected chi connectivity index (χ1v) is 9.09. The van der Waals surface area contributed by atoms with Crippen LogP contribution >= 0.6 is 11.8 Å². The summed E-state index contributed by atoms with van der Waals surface area (Å²) in [6, 6.07) is 21.7. The molecular weight excluding hydrogens is 345 g/mol. The Bertz CT molecular complexity index is 1150. The molecule has 0 unspecified atom stereocenters. The number of aromatic nitrogens is 1. The van der Waals surface area contributed by atoms with E-state index in [2.05, 4.69) is 4.98 Å². The molecule has 3 aromatic carbocycles. The zero-order valence-electron chi connectivity index (χ0n) is 14.1. The molecular formula is C22H16FNOS. The van der Waals surface area contributed by atoms with Gasteiger partial charge < -0.3 is 4.98 Å². The van der Waals surface area contributed by atoms with Gasteiger partial charge in [-0.05, 0) is 48.9 Å². The number of rotatable bonds is 3. The van der Waals surface area contributed by atoms with E-state index < -0.39 is 0 Å². The third-order valence-electron chi connectivity index (χ3n) is 4.31. The molecule has 4 heteroatoms. The molecule has 2 nitrogen and oxygen atoms in total. The number of para-hydroxylation sites is 1. The minimum absolute atomic E-state index is 0.0214. The lowest BCUT2D eigenvalue weighted by Crippen LogP contribution is -2.09. The summed E-state index contributed by atoms with van der Waals surface area (Å²) in [6.07, 6.45) is 0. The predicted molar refractivity (Wildman–Crippen MR) is 105 cm³/mol. The van der Waals surface area contributed by atoms with Gasteiger partial charge in [0.25, 0.3) is 0 Å². The van der Waals surface area contributed by atoms with Crippen LogP contribution in [0.2, 0.25) is 0 Å². The molecule has 0 amide bonds. The Labute approximate surface area is 154 Å². The van der Waals surface area contributed by atoms with Gasteiger partial charge in [0.1, 0.15) is 5.82 Å². The van der Waals surface area contributed by atoms with E-state index in [1.165, 1.54) is 23.9 Å². The number of hydrogen-bond acceptors (Lipinski definition) is 2. The number of fused-ring (bicyclic) bond motifs is 1. The minimum atomic E-state index is -0.291. The van der Waals surface area contributed by atoms with Gasteiger partial charge in [-0.15, -0.1) is 0 Å². The van der Waals surface area contributed by atoms with Gasteiger partial charge in [0.05, 0.1) is 10.6 Å². The van der Waals surface area contributed by atoms with E-state index >= 15 is 0 Å². The first-order chi connectivity index (χ1) is 12.6. The first-order valence-electron chi connectivity index (χ1n) is 8.28. The van der Waals surface area contributed by atoms with Crippen LogP contribution in [0.15, 0.2) is 87.4 Å². The van der Waals surface area contributed by atoms with Crippen LogP contribution in [0.25, 0.3) is 22.2 Å². The van der Waals surface area contributed by atoms with Gasteiger partial charge in [-0.2, -0.15) is 0 Å². The fourth-order valence-corrected chi connectivity index (χ4v) is 3.95. The molecule has 0 saturated heterocycles. The Morgan fingerprint density at radius 3 is 2.35 bits per heavy atom. The average molecular weight is 361 g/mol. The quantitative estimate of drug-likeness (QED) is 0.501.